The number of carbonyl (C=O) groups excluding carboxylic acids is 1. The van der Waals surface area contributed by atoms with E-state index in [1.165, 1.54) is 12.1 Å². The predicted molar refractivity (Wildman–Crippen MR) is 90.2 cm³/mol. The highest BCUT2D eigenvalue weighted by Crippen LogP contribution is 2.30. The quantitative estimate of drug-likeness (QED) is 0.808. The normalized spacial score (nSPS) is 20.3. The minimum atomic E-state index is -0.679. The van der Waals surface area contributed by atoms with Gasteiger partial charge in [-0.05, 0) is 41.2 Å². The Morgan fingerprint density at radius 1 is 1.25 bits per heavy atom. The minimum Gasteiger partial charge on any atom is -0.386 e. The van der Waals surface area contributed by atoms with Crippen molar-refractivity contribution in [2.24, 2.45) is 0 Å². The van der Waals surface area contributed by atoms with E-state index >= 15 is 0 Å². The van der Waals surface area contributed by atoms with Gasteiger partial charge >= 0.3 is 6.03 Å². The lowest BCUT2D eigenvalue weighted by Gasteiger charge is -2.19. The molecule has 0 aliphatic heterocycles. The summed E-state index contributed by atoms with van der Waals surface area (Å²) in [6.07, 6.45) is -0.0559. The monoisotopic (exact) mass is 328 g/mol. The highest BCUT2D eigenvalue weighted by atomic mass is 19.1. The predicted octanol–water partition coefficient (Wildman–Crippen LogP) is 2.89. The molecule has 2 amide bonds. The molecule has 1 aliphatic rings. The lowest BCUT2D eigenvalue weighted by atomic mass is 10.0. The largest absolute Gasteiger partial charge is 0.386 e. The molecule has 0 radical (unpaired) electrons. The number of hydrogen-bond acceptors (Lipinski definition) is 2. The van der Waals surface area contributed by atoms with Crippen LogP contribution < -0.4 is 10.6 Å². The van der Waals surface area contributed by atoms with Crippen LogP contribution in [-0.4, -0.2) is 23.7 Å². The fraction of sp³-hybridized carbons (Fsp3) is 0.316. The Kier molecular flexibility index (Phi) is 4.81. The molecular formula is C19H21FN2O2. The Balaban J connectivity index is 1.51. The van der Waals surface area contributed by atoms with Crippen LogP contribution in [0.15, 0.2) is 48.5 Å². The molecule has 0 heterocycles. The number of aliphatic hydroxyl groups is 1. The van der Waals surface area contributed by atoms with E-state index in [4.69, 9.17) is 0 Å². The van der Waals surface area contributed by atoms with Gasteiger partial charge in [-0.25, -0.2) is 9.18 Å². The van der Waals surface area contributed by atoms with Gasteiger partial charge in [0, 0.05) is 6.54 Å². The highest BCUT2D eigenvalue weighted by Gasteiger charge is 2.31. The lowest BCUT2D eigenvalue weighted by Crippen LogP contribution is -2.44. The molecule has 0 saturated heterocycles. The second-order valence-electron chi connectivity index (χ2n) is 6.26. The summed E-state index contributed by atoms with van der Waals surface area (Å²) in [5, 5.41) is 15.9. The van der Waals surface area contributed by atoms with E-state index in [0.29, 0.717) is 13.0 Å². The van der Waals surface area contributed by atoms with Gasteiger partial charge in [-0.2, -0.15) is 0 Å². The number of nitrogens with one attached hydrogen (secondary N) is 2. The average molecular weight is 328 g/mol. The summed E-state index contributed by atoms with van der Waals surface area (Å²) in [7, 11) is 0. The molecule has 126 valence electrons. The fourth-order valence-corrected chi connectivity index (χ4v) is 3.08. The van der Waals surface area contributed by atoms with Gasteiger partial charge in [-0.1, -0.05) is 43.3 Å². The molecule has 0 fully saturated rings. The van der Waals surface area contributed by atoms with Crippen molar-refractivity contribution in [3.63, 3.8) is 0 Å². The summed E-state index contributed by atoms with van der Waals surface area (Å²) in [6.45, 7) is 2.40. The van der Waals surface area contributed by atoms with Crippen molar-refractivity contribution < 1.29 is 14.3 Å². The van der Waals surface area contributed by atoms with E-state index in [9.17, 15) is 14.3 Å². The number of benzene rings is 2. The molecule has 3 rings (SSSR count). The smallest absolute Gasteiger partial charge is 0.315 e. The molecule has 0 spiro atoms. The maximum Gasteiger partial charge on any atom is 0.315 e. The number of rotatable bonds is 4. The molecule has 0 aromatic heterocycles. The molecule has 0 saturated carbocycles. The van der Waals surface area contributed by atoms with Crippen LogP contribution in [0.2, 0.25) is 0 Å². The van der Waals surface area contributed by atoms with Crippen molar-refractivity contribution in [1.82, 2.24) is 10.6 Å². The van der Waals surface area contributed by atoms with Gasteiger partial charge < -0.3 is 15.7 Å². The van der Waals surface area contributed by atoms with E-state index in [0.717, 1.165) is 16.7 Å². The summed E-state index contributed by atoms with van der Waals surface area (Å²) in [4.78, 5) is 12.1. The van der Waals surface area contributed by atoms with Crippen LogP contribution >= 0.6 is 0 Å². The molecule has 3 N–H and O–H groups in total. The third-order valence-corrected chi connectivity index (χ3v) is 4.52. The lowest BCUT2D eigenvalue weighted by molar-refractivity contribution is 0.143. The zero-order chi connectivity index (χ0) is 17.1. The summed E-state index contributed by atoms with van der Waals surface area (Å²) in [6, 6.07) is 13.3. The van der Waals surface area contributed by atoms with E-state index < -0.39 is 6.10 Å². The molecule has 1 aliphatic carbocycles. The molecule has 2 aromatic rings. The zero-order valence-electron chi connectivity index (χ0n) is 13.5. The maximum absolute atomic E-state index is 12.9. The summed E-state index contributed by atoms with van der Waals surface area (Å²) in [5.41, 5.74) is 2.91. The number of halogens is 1. The van der Waals surface area contributed by atoms with E-state index in [1.54, 1.807) is 12.1 Å². The second kappa shape index (κ2) is 7.01. The van der Waals surface area contributed by atoms with Gasteiger partial charge in [0.2, 0.25) is 0 Å². The first-order chi connectivity index (χ1) is 11.5. The zero-order valence-corrected chi connectivity index (χ0v) is 13.5. The Bertz CT molecular complexity index is 718. The Labute approximate surface area is 140 Å². The number of aliphatic hydroxyl groups excluding tert-OH is 1. The first kappa shape index (κ1) is 16.5. The van der Waals surface area contributed by atoms with Gasteiger partial charge in [0.25, 0.3) is 0 Å². The van der Waals surface area contributed by atoms with Crippen LogP contribution in [-0.2, 0) is 6.42 Å². The SMILES string of the molecule is CC(CNC(=O)N[C@@H]1Cc2ccccc2[C@H]1O)c1ccc(F)cc1. The van der Waals surface area contributed by atoms with Crippen LogP contribution in [0, 0.1) is 5.82 Å². The molecule has 0 bridgehead atoms. The fourth-order valence-electron chi connectivity index (χ4n) is 3.08. The van der Waals surface area contributed by atoms with Crippen molar-refractivity contribution in [1.29, 1.82) is 0 Å². The summed E-state index contributed by atoms with van der Waals surface area (Å²) >= 11 is 0. The molecule has 4 nitrogen and oxygen atoms in total. The van der Waals surface area contributed by atoms with Crippen molar-refractivity contribution in [2.45, 2.75) is 31.4 Å². The van der Waals surface area contributed by atoms with Crippen LogP contribution in [0.4, 0.5) is 9.18 Å². The minimum absolute atomic E-state index is 0.0713. The van der Waals surface area contributed by atoms with Crippen LogP contribution in [0.3, 0.4) is 0 Å². The van der Waals surface area contributed by atoms with Gasteiger partial charge in [0.1, 0.15) is 5.82 Å². The molecule has 3 atom stereocenters. The van der Waals surface area contributed by atoms with Crippen LogP contribution in [0.25, 0.3) is 0 Å². The van der Waals surface area contributed by atoms with Crippen molar-refractivity contribution in [3.05, 3.63) is 71.0 Å². The van der Waals surface area contributed by atoms with Crippen molar-refractivity contribution in [2.75, 3.05) is 6.54 Å². The van der Waals surface area contributed by atoms with Gasteiger partial charge in [-0.15, -0.1) is 0 Å². The van der Waals surface area contributed by atoms with Crippen LogP contribution in [0.5, 0.6) is 0 Å². The van der Waals surface area contributed by atoms with Gasteiger partial charge in [-0.3, -0.25) is 0 Å². The standard InChI is InChI=1S/C19H21FN2O2/c1-12(13-6-8-15(20)9-7-13)11-21-19(24)22-17-10-14-4-2-3-5-16(14)18(17)23/h2-9,12,17-18,23H,10-11H2,1H3,(H2,21,22,24)/t12?,17-,18-/m1/s1. The third-order valence-electron chi connectivity index (χ3n) is 4.52. The van der Waals surface area contributed by atoms with Gasteiger partial charge in [0.05, 0.1) is 12.1 Å². The number of carbonyl (C=O) groups is 1. The Hall–Kier alpha value is -2.40. The first-order valence-corrected chi connectivity index (χ1v) is 8.10. The van der Waals surface area contributed by atoms with E-state index in [-0.39, 0.29) is 23.8 Å². The average Bonchev–Trinajstić information content (AvgIpc) is 2.89. The third kappa shape index (κ3) is 3.57. The van der Waals surface area contributed by atoms with Crippen molar-refractivity contribution >= 4 is 6.03 Å². The highest BCUT2D eigenvalue weighted by molar-refractivity contribution is 5.74. The second-order valence-corrected chi connectivity index (χ2v) is 6.26. The number of urea groups is 1. The first-order valence-electron chi connectivity index (χ1n) is 8.10. The van der Waals surface area contributed by atoms with Crippen LogP contribution in [0.1, 0.15) is 35.6 Å². The maximum atomic E-state index is 12.9. The number of fused-ring (bicyclic) bond motifs is 1. The number of hydrogen-bond donors (Lipinski definition) is 3. The Morgan fingerprint density at radius 2 is 1.96 bits per heavy atom. The Morgan fingerprint density at radius 3 is 2.67 bits per heavy atom. The molecule has 24 heavy (non-hydrogen) atoms. The molecule has 5 heteroatoms. The summed E-state index contributed by atoms with van der Waals surface area (Å²) < 4.78 is 12.9. The summed E-state index contributed by atoms with van der Waals surface area (Å²) in [5.74, 6) is -0.200. The molecular weight excluding hydrogens is 307 g/mol. The van der Waals surface area contributed by atoms with Gasteiger partial charge in [0.15, 0.2) is 0 Å². The van der Waals surface area contributed by atoms with E-state index in [1.807, 2.05) is 31.2 Å². The topological polar surface area (TPSA) is 61.4 Å². The van der Waals surface area contributed by atoms with E-state index in [2.05, 4.69) is 10.6 Å². The molecule has 1 unspecified atom stereocenters. The van der Waals surface area contributed by atoms with Crippen molar-refractivity contribution in [3.8, 4) is 0 Å². The number of amides is 2. The molecule has 2 aromatic carbocycles.